The lowest BCUT2D eigenvalue weighted by atomic mass is 10.1. The van der Waals surface area contributed by atoms with Crippen LogP contribution in [0, 0.1) is 19.7 Å². The minimum absolute atomic E-state index is 0.0927. The third-order valence-electron chi connectivity index (χ3n) is 5.69. The van der Waals surface area contributed by atoms with Crippen LogP contribution in [-0.2, 0) is 0 Å². The highest BCUT2D eigenvalue weighted by molar-refractivity contribution is 5.96. The van der Waals surface area contributed by atoms with Gasteiger partial charge in [0, 0.05) is 32.7 Å². The van der Waals surface area contributed by atoms with Crippen LogP contribution < -0.4 is 5.32 Å². The molecule has 29 heavy (non-hydrogen) atoms. The molecule has 2 aromatic rings. The van der Waals surface area contributed by atoms with E-state index < -0.39 is 0 Å². The predicted molar refractivity (Wildman–Crippen MR) is 113 cm³/mol. The van der Waals surface area contributed by atoms with Gasteiger partial charge >= 0.3 is 0 Å². The SMILES string of the molecule is CCN1CCN(CCCCNC(=O)c2c(C)nn(-c3ccc(F)cc3)c2C)CC1. The minimum atomic E-state index is -0.291. The number of nitrogens with zero attached hydrogens (tertiary/aromatic N) is 4. The molecule has 7 heteroatoms. The molecule has 158 valence electrons. The molecule has 1 aliphatic rings. The minimum Gasteiger partial charge on any atom is -0.352 e. The molecule has 1 aromatic heterocycles. The number of halogens is 1. The van der Waals surface area contributed by atoms with Gasteiger partial charge in [0.15, 0.2) is 0 Å². The second kappa shape index (κ2) is 9.98. The number of aromatic nitrogens is 2. The third kappa shape index (κ3) is 5.42. The number of hydrogen-bond donors (Lipinski definition) is 1. The van der Waals surface area contributed by atoms with Gasteiger partial charge in [0.25, 0.3) is 5.91 Å². The highest BCUT2D eigenvalue weighted by Crippen LogP contribution is 2.18. The van der Waals surface area contributed by atoms with E-state index in [1.54, 1.807) is 16.8 Å². The molecule has 0 spiro atoms. The summed E-state index contributed by atoms with van der Waals surface area (Å²) in [6.45, 7) is 13.4. The molecular weight excluding hydrogens is 369 g/mol. The largest absolute Gasteiger partial charge is 0.352 e. The first-order valence-corrected chi connectivity index (χ1v) is 10.5. The molecule has 3 rings (SSSR count). The van der Waals surface area contributed by atoms with Crippen LogP contribution in [0.3, 0.4) is 0 Å². The maximum Gasteiger partial charge on any atom is 0.255 e. The van der Waals surface area contributed by atoms with E-state index in [9.17, 15) is 9.18 Å². The van der Waals surface area contributed by atoms with Gasteiger partial charge in [0.1, 0.15) is 5.82 Å². The van der Waals surface area contributed by atoms with Gasteiger partial charge in [0.2, 0.25) is 0 Å². The highest BCUT2D eigenvalue weighted by Gasteiger charge is 2.19. The van der Waals surface area contributed by atoms with E-state index in [0.717, 1.165) is 63.5 Å². The number of rotatable bonds is 8. The van der Waals surface area contributed by atoms with E-state index in [-0.39, 0.29) is 11.7 Å². The van der Waals surface area contributed by atoms with E-state index in [1.807, 2.05) is 13.8 Å². The average molecular weight is 402 g/mol. The Balaban J connectivity index is 1.47. The second-order valence-electron chi connectivity index (χ2n) is 7.67. The maximum absolute atomic E-state index is 13.2. The van der Waals surface area contributed by atoms with Crippen LogP contribution >= 0.6 is 0 Å². The summed E-state index contributed by atoms with van der Waals surface area (Å²) in [6.07, 6.45) is 2.04. The quantitative estimate of drug-likeness (QED) is 0.691. The Morgan fingerprint density at radius 3 is 2.38 bits per heavy atom. The zero-order chi connectivity index (χ0) is 20.8. The molecule has 1 saturated heterocycles. The summed E-state index contributed by atoms with van der Waals surface area (Å²) >= 11 is 0. The van der Waals surface area contributed by atoms with Crippen LogP contribution in [0.4, 0.5) is 4.39 Å². The number of amides is 1. The van der Waals surface area contributed by atoms with Gasteiger partial charge in [-0.3, -0.25) is 4.79 Å². The molecule has 1 N–H and O–H groups in total. The lowest BCUT2D eigenvalue weighted by Crippen LogP contribution is -2.46. The number of benzene rings is 1. The van der Waals surface area contributed by atoms with Crippen molar-refractivity contribution in [3.05, 3.63) is 47.0 Å². The van der Waals surface area contributed by atoms with E-state index in [1.165, 1.54) is 12.1 Å². The Morgan fingerprint density at radius 1 is 1.07 bits per heavy atom. The fourth-order valence-electron chi connectivity index (χ4n) is 3.88. The number of unbranched alkanes of at least 4 members (excludes halogenated alkanes) is 1. The number of likely N-dealkylation sites (N-methyl/N-ethyl adjacent to an activating group) is 1. The van der Waals surface area contributed by atoms with E-state index in [2.05, 4.69) is 27.1 Å². The number of aryl methyl sites for hydroxylation is 1. The molecule has 0 unspecified atom stereocenters. The van der Waals surface area contributed by atoms with Gasteiger partial charge in [-0.1, -0.05) is 6.92 Å². The lowest BCUT2D eigenvalue weighted by molar-refractivity contribution is 0.0950. The van der Waals surface area contributed by atoms with Gasteiger partial charge in [-0.15, -0.1) is 0 Å². The van der Waals surface area contributed by atoms with Crippen molar-refractivity contribution in [2.24, 2.45) is 0 Å². The van der Waals surface area contributed by atoms with Gasteiger partial charge < -0.3 is 15.1 Å². The van der Waals surface area contributed by atoms with Crippen molar-refractivity contribution in [1.29, 1.82) is 0 Å². The predicted octanol–water partition coefficient (Wildman–Crippen LogP) is 2.78. The van der Waals surface area contributed by atoms with Crippen LogP contribution in [0.5, 0.6) is 0 Å². The molecule has 2 heterocycles. The van der Waals surface area contributed by atoms with Crippen molar-refractivity contribution in [2.45, 2.75) is 33.6 Å². The normalized spacial score (nSPS) is 15.6. The molecule has 1 amide bonds. The summed E-state index contributed by atoms with van der Waals surface area (Å²) in [6, 6.07) is 6.12. The van der Waals surface area contributed by atoms with Crippen molar-refractivity contribution in [1.82, 2.24) is 24.9 Å². The van der Waals surface area contributed by atoms with Crippen LogP contribution in [0.25, 0.3) is 5.69 Å². The Hall–Kier alpha value is -2.25. The van der Waals surface area contributed by atoms with Crippen molar-refractivity contribution in [2.75, 3.05) is 45.8 Å². The van der Waals surface area contributed by atoms with E-state index in [4.69, 9.17) is 0 Å². The third-order valence-corrected chi connectivity index (χ3v) is 5.69. The molecule has 1 aromatic carbocycles. The van der Waals surface area contributed by atoms with E-state index in [0.29, 0.717) is 17.8 Å². The van der Waals surface area contributed by atoms with Crippen LogP contribution in [-0.4, -0.2) is 71.3 Å². The lowest BCUT2D eigenvalue weighted by Gasteiger charge is -2.33. The summed E-state index contributed by atoms with van der Waals surface area (Å²) in [5.74, 6) is -0.384. The Kier molecular flexibility index (Phi) is 7.39. The van der Waals surface area contributed by atoms with Gasteiger partial charge in [0.05, 0.1) is 22.6 Å². The Labute approximate surface area is 172 Å². The first-order valence-electron chi connectivity index (χ1n) is 10.5. The number of carbonyl (C=O) groups excluding carboxylic acids is 1. The second-order valence-corrected chi connectivity index (χ2v) is 7.67. The molecule has 1 fully saturated rings. The number of nitrogens with one attached hydrogen (secondary N) is 1. The van der Waals surface area contributed by atoms with Gasteiger partial charge in [-0.2, -0.15) is 5.10 Å². The molecule has 1 aliphatic heterocycles. The molecule has 0 radical (unpaired) electrons. The van der Waals surface area contributed by atoms with Crippen LogP contribution in [0.1, 0.15) is 41.5 Å². The van der Waals surface area contributed by atoms with Crippen molar-refractivity contribution in [3.8, 4) is 5.69 Å². The number of hydrogen-bond acceptors (Lipinski definition) is 4. The summed E-state index contributed by atoms with van der Waals surface area (Å²) in [5.41, 5.74) is 2.79. The van der Waals surface area contributed by atoms with Crippen LogP contribution in [0.2, 0.25) is 0 Å². The Bertz CT molecular complexity index is 809. The van der Waals surface area contributed by atoms with Gasteiger partial charge in [-0.25, -0.2) is 9.07 Å². The summed E-state index contributed by atoms with van der Waals surface area (Å²) in [5, 5.41) is 7.50. The number of carbonyl (C=O) groups is 1. The zero-order valence-corrected chi connectivity index (χ0v) is 17.7. The molecule has 0 aliphatic carbocycles. The topological polar surface area (TPSA) is 53.4 Å². The fourth-order valence-corrected chi connectivity index (χ4v) is 3.88. The number of piperazine rings is 1. The smallest absolute Gasteiger partial charge is 0.255 e. The van der Waals surface area contributed by atoms with Crippen molar-refractivity contribution < 1.29 is 9.18 Å². The highest BCUT2D eigenvalue weighted by atomic mass is 19.1. The average Bonchev–Trinajstić information content (AvgIpc) is 3.02. The molecule has 0 bridgehead atoms. The summed E-state index contributed by atoms with van der Waals surface area (Å²) in [4.78, 5) is 17.7. The fraction of sp³-hybridized carbons (Fsp3) is 0.545. The monoisotopic (exact) mass is 401 g/mol. The molecule has 6 nitrogen and oxygen atoms in total. The molecular formula is C22H32FN5O. The zero-order valence-electron chi connectivity index (χ0n) is 17.7. The van der Waals surface area contributed by atoms with Crippen LogP contribution in [0.15, 0.2) is 24.3 Å². The summed E-state index contributed by atoms with van der Waals surface area (Å²) < 4.78 is 14.9. The first-order chi connectivity index (χ1) is 14.0. The van der Waals surface area contributed by atoms with Gasteiger partial charge in [-0.05, 0) is 64.0 Å². The standard InChI is InChI=1S/C22H32FN5O/c1-4-26-13-15-27(16-14-26)12-6-5-11-24-22(29)21-17(2)25-28(18(21)3)20-9-7-19(23)8-10-20/h7-10H,4-6,11-16H2,1-3H3,(H,24,29). The van der Waals surface area contributed by atoms with E-state index >= 15 is 0 Å². The Morgan fingerprint density at radius 2 is 1.72 bits per heavy atom. The van der Waals surface area contributed by atoms with Crippen molar-refractivity contribution in [3.63, 3.8) is 0 Å². The summed E-state index contributed by atoms with van der Waals surface area (Å²) in [7, 11) is 0. The maximum atomic E-state index is 13.2. The van der Waals surface area contributed by atoms with Crippen molar-refractivity contribution >= 4 is 5.91 Å². The molecule has 0 atom stereocenters. The molecule has 0 saturated carbocycles. The first kappa shape index (κ1) is 21.5.